The van der Waals surface area contributed by atoms with Gasteiger partial charge < -0.3 is 14.2 Å². The maximum absolute atomic E-state index is 11.8. The molecule has 1 aromatic carbocycles. The van der Waals surface area contributed by atoms with Crippen molar-refractivity contribution in [3.63, 3.8) is 0 Å². The molecule has 94 valence electrons. The number of hydrogen-bond acceptors (Lipinski definition) is 4. The summed E-state index contributed by atoms with van der Waals surface area (Å²) >= 11 is 0. The summed E-state index contributed by atoms with van der Waals surface area (Å²) < 4.78 is 15.2. The van der Waals surface area contributed by atoms with E-state index in [9.17, 15) is 4.79 Å². The molecule has 2 unspecified atom stereocenters. The molecular formula is C13H18O4. The number of para-hydroxylation sites is 1. The van der Waals surface area contributed by atoms with Crippen LogP contribution in [0.1, 0.15) is 25.3 Å². The molecule has 2 atom stereocenters. The van der Waals surface area contributed by atoms with Gasteiger partial charge in [-0.25, -0.2) is 0 Å². The van der Waals surface area contributed by atoms with Gasteiger partial charge in [-0.3, -0.25) is 4.79 Å². The van der Waals surface area contributed by atoms with Crippen molar-refractivity contribution in [2.24, 2.45) is 0 Å². The Bertz CT molecular complexity index is 375. The van der Waals surface area contributed by atoms with E-state index in [0.29, 0.717) is 5.75 Å². The molecule has 0 heterocycles. The molecule has 4 nitrogen and oxygen atoms in total. The number of carbonyl (C=O) groups excluding carboxylic acids is 1. The van der Waals surface area contributed by atoms with Crippen LogP contribution in [-0.2, 0) is 14.3 Å². The summed E-state index contributed by atoms with van der Waals surface area (Å²) in [4.78, 5) is 11.8. The van der Waals surface area contributed by atoms with E-state index >= 15 is 0 Å². The lowest BCUT2D eigenvalue weighted by atomic mass is 10.0. The SMILES string of the molecule is COc1ccccc1C(C)C(=O)OC(C)OC. The van der Waals surface area contributed by atoms with Gasteiger partial charge in [0.05, 0.1) is 13.0 Å². The lowest BCUT2D eigenvalue weighted by Gasteiger charge is -2.17. The minimum atomic E-state index is -0.542. The molecule has 0 aliphatic heterocycles. The monoisotopic (exact) mass is 238 g/mol. The first-order valence-corrected chi connectivity index (χ1v) is 5.46. The summed E-state index contributed by atoms with van der Waals surface area (Å²) in [6.45, 7) is 3.45. The van der Waals surface area contributed by atoms with E-state index in [1.165, 1.54) is 7.11 Å². The second kappa shape index (κ2) is 6.25. The highest BCUT2D eigenvalue weighted by atomic mass is 16.7. The van der Waals surface area contributed by atoms with Crippen LogP contribution in [0.4, 0.5) is 0 Å². The van der Waals surface area contributed by atoms with Crippen LogP contribution < -0.4 is 4.74 Å². The first-order valence-electron chi connectivity index (χ1n) is 5.46. The summed E-state index contributed by atoms with van der Waals surface area (Å²) in [7, 11) is 3.07. The normalized spacial score (nSPS) is 13.9. The summed E-state index contributed by atoms with van der Waals surface area (Å²) in [6.07, 6.45) is -0.542. The number of esters is 1. The van der Waals surface area contributed by atoms with Crippen molar-refractivity contribution in [3.8, 4) is 5.75 Å². The topological polar surface area (TPSA) is 44.8 Å². The number of carbonyl (C=O) groups is 1. The average Bonchev–Trinajstić information content (AvgIpc) is 2.37. The first-order chi connectivity index (χ1) is 8.10. The van der Waals surface area contributed by atoms with Crippen molar-refractivity contribution >= 4 is 5.97 Å². The summed E-state index contributed by atoms with van der Waals surface area (Å²) in [6, 6.07) is 7.39. The third-order valence-corrected chi connectivity index (χ3v) is 2.57. The lowest BCUT2D eigenvalue weighted by Crippen LogP contribution is -2.21. The van der Waals surface area contributed by atoms with Crippen LogP contribution in [0.3, 0.4) is 0 Å². The molecule has 17 heavy (non-hydrogen) atoms. The molecule has 0 fully saturated rings. The Morgan fingerprint density at radius 3 is 2.41 bits per heavy atom. The van der Waals surface area contributed by atoms with Crippen molar-refractivity contribution in [2.45, 2.75) is 26.1 Å². The number of methoxy groups -OCH3 is 2. The third kappa shape index (κ3) is 3.46. The zero-order valence-electron chi connectivity index (χ0n) is 10.6. The van der Waals surface area contributed by atoms with Gasteiger partial charge in [-0.2, -0.15) is 0 Å². The number of benzene rings is 1. The fourth-order valence-corrected chi connectivity index (χ4v) is 1.46. The number of rotatable bonds is 5. The second-order valence-corrected chi connectivity index (χ2v) is 3.70. The minimum Gasteiger partial charge on any atom is -0.496 e. The Hall–Kier alpha value is -1.55. The van der Waals surface area contributed by atoms with Gasteiger partial charge in [0, 0.05) is 12.7 Å². The first kappa shape index (κ1) is 13.5. The van der Waals surface area contributed by atoms with Gasteiger partial charge in [-0.15, -0.1) is 0 Å². The van der Waals surface area contributed by atoms with E-state index in [1.54, 1.807) is 21.0 Å². The summed E-state index contributed by atoms with van der Waals surface area (Å²) in [5.74, 6) is -0.0328. The maximum Gasteiger partial charge on any atom is 0.315 e. The molecule has 0 saturated heterocycles. The van der Waals surface area contributed by atoms with Crippen LogP contribution >= 0.6 is 0 Å². The summed E-state index contributed by atoms with van der Waals surface area (Å²) in [5, 5.41) is 0. The van der Waals surface area contributed by atoms with Crippen LogP contribution in [0.5, 0.6) is 5.75 Å². The Labute approximate surface area is 101 Å². The van der Waals surface area contributed by atoms with Gasteiger partial charge in [0.15, 0.2) is 6.29 Å². The van der Waals surface area contributed by atoms with E-state index in [1.807, 2.05) is 24.3 Å². The fourth-order valence-electron chi connectivity index (χ4n) is 1.46. The van der Waals surface area contributed by atoms with Gasteiger partial charge >= 0.3 is 5.97 Å². The molecular weight excluding hydrogens is 220 g/mol. The lowest BCUT2D eigenvalue weighted by molar-refractivity contribution is -0.171. The molecule has 1 rings (SSSR count). The predicted octanol–water partition coefficient (Wildman–Crippen LogP) is 2.33. The second-order valence-electron chi connectivity index (χ2n) is 3.70. The van der Waals surface area contributed by atoms with Gasteiger partial charge in [0.2, 0.25) is 0 Å². The molecule has 0 N–H and O–H groups in total. The highest BCUT2D eigenvalue weighted by Crippen LogP contribution is 2.27. The molecule has 1 aromatic rings. The van der Waals surface area contributed by atoms with Crippen LogP contribution in [0.15, 0.2) is 24.3 Å². The molecule has 4 heteroatoms. The number of hydrogen-bond donors (Lipinski definition) is 0. The van der Waals surface area contributed by atoms with Gasteiger partial charge in [-0.05, 0) is 19.9 Å². The van der Waals surface area contributed by atoms with E-state index < -0.39 is 6.29 Å². The quantitative estimate of drug-likeness (QED) is 0.583. The third-order valence-electron chi connectivity index (χ3n) is 2.57. The van der Waals surface area contributed by atoms with E-state index in [2.05, 4.69) is 0 Å². The molecule has 0 amide bonds. The molecule has 0 aromatic heterocycles. The standard InChI is InChI=1S/C13H18O4/c1-9(13(14)17-10(2)15-3)11-7-5-6-8-12(11)16-4/h5-10H,1-4H3. The molecule has 0 aliphatic rings. The van der Waals surface area contributed by atoms with E-state index in [4.69, 9.17) is 14.2 Å². The van der Waals surface area contributed by atoms with Gasteiger partial charge in [0.1, 0.15) is 5.75 Å². The summed E-state index contributed by atoms with van der Waals surface area (Å²) in [5.41, 5.74) is 0.809. The Morgan fingerprint density at radius 1 is 1.18 bits per heavy atom. The van der Waals surface area contributed by atoms with Crippen LogP contribution in [0.25, 0.3) is 0 Å². The van der Waals surface area contributed by atoms with Gasteiger partial charge in [0.25, 0.3) is 0 Å². The highest BCUT2D eigenvalue weighted by Gasteiger charge is 2.21. The Morgan fingerprint density at radius 2 is 1.82 bits per heavy atom. The molecule has 0 spiro atoms. The molecule has 0 radical (unpaired) electrons. The molecule has 0 saturated carbocycles. The smallest absolute Gasteiger partial charge is 0.315 e. The van der Waals surface area contributed by atoms with Crippen molar-refractivity contribution in [3.05, 3.63) is 29.8 Å². The maximum atomic E-state index is 11.8. The highest BCUT2D eigenvalue weighted by molar-refractivity contribution is 5.78. The fraction of sp³-hybridized carbons (Fsp3) is 0.462. The van der Waals surface area contributed by atoms with Crippen molar-refractivity contribution in [1.29, 1.82) is 0 Å². The van der Waals surface area contributed by atoms with E-state index in [0.717, 1.165) is 5.56 Å². The zero-order valence-corrected chi connectivity index (χ0v) is 10.6. The van der Waals surface area contributed by atoms with Crippen molar-refractivity contribution < 1.29 is 19.0 Å². The Balaban J connectivity index is 2.81. The van der Waals surface area contributed by atoms with Crippen LogP contribution in [0.2, 0.25) is 0 Å². The molecule has 0 bridgehead atoms. The molecule has 0 aliphatic carbocycles. The van der Waals surface area contributed by atoms with E-state index in [-0.39, 0.29) is 11.9 Å². The zero-order chi connectivity index (χ0) is 12.8. The number of ether oxygens (including phenoxy) is 3. The largest absolute Gasteiger partial charge is 0.496 e. The van der Waals surface area contributed by atoms with Crippen molar-refractivity contribution in [2.75, 3.05) is 14.2 Å². The van der Waals surface area contributed by atoms with Crippen LogP contribution in [0, 0.1) is 0 Å². The average molecular weight is 238 g/mol. The van der Waals surface area contributed by atoms with Gasteiger partial charge in [-0.1, -0.05) is 18.2 Å². The Kier molecular flexibility index (Phi) is 4.97. The van der Waals surface area contributed by atoms with Crippen LogP contribution in [-0.4, -0.2) is 26.5 Å². The predicted molar refractivity (Wildman–Crippen MR) is 64.0 cm³/mol. The van der Waals surface area contributed by atoms with Crippen molar-refractivity contribution in [1.82, 2.24) is 0 Å². The minimum absolute atomic E-state index is 0.330.